The molecule has 1 aromatic heterocycles. The van der Waals surface area contributed by atoms with E-state index in [4.69, 9.17) is 11.6 Å². The molecule has 3 rings (SSSR count). The van der Waals surface area contributed by atoms with Crippen LogP contribution in [-0.2, 0) is 11.8 Å². The summed E-state index contributed by atoms with van der Waals surface area (Å²) in [5, 5.41) is 20.2. The standard InChI is InChI=1S/C18H14BrClN4O3/c1-2-16-21-22-17(10-19)23(16)15-9-11(24(26)27)7-8-13(15)18(25)12-5-3-4-6-14(12)20/h3-9H,2,10H2,1H3. The summed E-state index contributed by atoms with van der Waals surface area (Å²) < 4.78 is 1.67. The number of non-ortho nitro benzene ring substituents is 1. The first-order valence-corrected chi connectivity index (χ1v) is 9.55. The topological polar surface area (TPSA) is 90.9 Å². The highest BCUT2D eigenvalue weighted by Gasteiger charge is 2.23. The number of alkyl halides is 1. The summed E-state index contributed by atoms with van der Waals surface area (Å²) in [6.45, 7) is 1.89. The van der Waals surface area contributed by atoms with Crippen molar-refractivity contribution in [2.45, 2.75) is 18.7 Å². The second kappa shape index (κ2) is 7.98. The van der Waals surface area contributed by atoms with Crippen molar-refractivity contribution in [3.05, 3.63) is 80.4 Å². The van der Waals surface area contributed by atoms with E-state index in [1.54, 1.807) is 28.8 Å². The molecule has 27 heavy (non-hydrogen) atoms. The van der Waals surface area contributed by atoms with Crippen molar-refractivity contribution in [3.63, 3.8) is 0 Å². The predicted molar refractivity (Wildman–Crippen MR) is 105 cm³/mol. The van der Waals surface area contributed by atoms with Gasteiger partial charge in [0.1, 0.15) is 11.6 Å². The summed E-state index contributed by atoms with van der Waals surface area (Å²) in [6, 6.07) is 10.8. The van der Waals surface area contributed by atoms with Crippen molar-refractivity contribution in [1.29, 1.82) is 0 Å². The number of nitrogens with zero attached hydrogens (tertiary/aromatic N) is 4. The smallest absolute Gasteiger partial charge is 0.271 e. The Labute approximate surface area is 168 Å². The monoisotopic (exact) mass is 448 g/mol. The maximum absolute atomic E-state index is 13.1. The molecule has 138 valence electrons. The van der Waals surface area contributed by atoms with Crippen molar-refractivity contribution in [2.24, 2.45) is 0 Å². The van der Waals surface area contributed by atoms with E-state index in [0.29, 0.717) is 39.7 Å². The molecule has 0 saturated heterocycles. The number of aromatic nitrogens is 3. The number of benzene rings is 2. The molecule has 0 spiro atoms. The van der Waals surface area contributed by atoms with Crippen molar-refractivity contribution in [1.82, 2.24) is 14.8 Å². The Bertz CT molecular complexity index is 1010. The molecule has 0 bridgehead atoms. The molecule has 0 aliphatic heterocycles. The van der Waals surface area contributed by atoms with Crippen LogP contribution in [0.4, 0.5) is 5.69 Å². The van der Waals surface area contributed by atoms with E-state index >= 15 is 0 Å². The van der Waals surface area contributed by atoms with Crippen LogP contribution in [-0.4, -0.2) is 25.5 Å². The highest BCUT2D eigenvalue weighted by Crippen LogP contribution is 2.28. The lowest BCUT2D eigenvalue weighted by Gasteiger charge is -2.14. The van der Waals surface area contributed by atoms with Gasteiger partial charge in [-0.1, -0.05) is 46.6 Å². The van der Waals surface area contributed by atoms with Crippen LogP contribution >= 0.6 is 27.5 Å². The van der Waals surface area contributed by atoms with E-state index in [-0.39, 0.29) is 17.0 Å². The van der Waals surface area contributed by atoms with Gasteiger partial charge in [0.15, 0.2) is 5.78 Å². The van der Waals surface area contributed by atoms with E-state index in [2.05, 4.69) is 26.1 Å². The molecule has 2 aromatic carbocycles. The molecule has 0 aliphatic rings. The Morgan fingerprint density at radius 1 is 1.19 bits per heavy atom. The molecule has 1 heterocycles. The molecule has 0 saturated carbocycles. The molecule has 0 N–H and O–H groups in total. The normalized spacial score (nSPS) is 10.8. The molecule has 0 fully saturated rings. The van der Waals surface area contributed by atoms with E-state index in [9.17, 15) is 14.9 Å². The van der Waals surface area contributed by atoms with Gasteiger partial charge in [0, 0.05) is 29.7 Å². The first-order chi connectivity index (χ1) is 13.0. The average molecular weight is 450 g/mol. The third-order valence-electron chi connectivity index (χ3n) is 4.03. The Morgan fingerprint density at radius 2 is 1.89 bits per heavy atom. The molecule has 0 aliphatic carbocycles. The zero-order valence-corrected chi connectivity index (χ0v) is 16.6. The SMILES string of the molecule is CCc1nnc(CBr)n1-c1cc([N+](=O)[O-])ccc1C(=O)c1ccccc1Cl. The lowest BCUT2D eigenvalue weighted by molar-refractivity contribution is -0.384. The van der Waals surface area contributed by atoms with Crippen LogP contribution in [0.1, 0.15) is 34.5 Å². The van der Waals surface area contributed by atoms with Crippen LogP contribution in [0.5, 0.6) is 0 Å². The lowest BCUT2D eigenvalue weighted by atomic mass is 10.0. The van der Waals surface area contributed by atoms with E-state index < -0.39 is 4.92 Å². The summed E-state index contributed by atoms with van der Waals surface area (Å²) in [5.74, 6) is 0.806. The molecular formula is C18H14BrClN4O3. The number of rotatable bonds is 6. The minimum absolute atomic E-state index is 0.128. The fourth-order valence-electron chi connectivity index (χ4n) is 2.75. The van der Waals surface area contributed by atoms with Crippen molar-refractivity contribution in [2.75, 3.05) is 0 Å². The van der Waals surface area contributed by atoms with E-state index in [1.165, 1.54) is 18.2 Å². The third kappa shape index (κ3) is 3.63. The molecule has 3 aromatic rings. The quantitative estimate of drug-likeness (QED) is 0.239. The highest BCUT2D eigenvalue weighted by molar-refractivity contribution is 9.08. The fraction of sp³-hybridized carbons (Fsp3) is 0.167. The number of carbonyl (C=O) groups excluding carboxylic acids is 1. The molecule has 0 amide bonds. The van der Waals surface area contributed by atoms with Crippen LogP contribution in [0.25, 0.3) is 5.69 Å². The van der Waals surface area contributed by atoms with Crippen molar-refractivity contribution in [3.8, 4) is 5.69 Å². The van der Waals surface area contributed by atoms with E-state index in [0.717, 1.165) is 0 Å². The van der Waals surface area contributed by atoms with Crippen LogP contribution in [0.2, 0.25) is 5.02 Å². The van der Waals surface area contributed by atoms with Gasteiger partial charge in [-0.3, -0.25) is 19.5 Å². The third-order valence-corrected chi connectivity index (χ3v) is 4.86. The number of carbonyl (C=O) groups is 1. The summed E-state index contributed by atoms with van der Waals surface area (Å²) in [6.07, 6.45) is 0.544. The Kier molecular flexibility index (Phi) is 5.67. The molecule has 0 atom stereocenters. The van der Waals surface area contributed by atoms with Crippen LogP contribution < -0.4 is 0 Å². The number of hydrogen-bond donors (Lipinski definition) is 0. The van der Waals surface area contributed by atoms with Gasteiger partial charge in [-0.2, -0.15) is 0 Å². The van der Waals surface area contributed by atoms with Crippen LogP contribution in [0.15, 0.2) is 42.5 Å². The first kappa shape index (κ1) is 19.2. The van der Waals surface area contributed by atoms with Crippen LogP contribution in [0.3, 0.4) is 0 Å². The van der Waals surface area contributed by atoms with Gasteiger partial charge in [0.2, 0.25) is 0 Å². The predicted octanol–water partition coefficient (Wildman–Crippen LogP) is 4.52. The van der Waals surface area contributed by atoms with Gasteiger partial charge in [0.05, 0.1) is 21.0 Å². The Morgan fingerprint density at radius 3 is 2.52 bits per heavy atom. The van der Waals surface area contributed by atoms with Gasteiger partial charge >= 0.3 is 0 Å². The summed E-state index contributed by atoms with van der Waals surface area (Å²) in [5.41, 5.74) is 0.827. The zero-order chi connectivity index (χ0) is 19.6. The number of ketones is 1. The average Bonchev–Trinajstić information content (AvgIpc) is 3.10. The Hall–Kier alpha value is -2.58. The molecule has 9 heteroatoms. The number of halogens is 2. The van der Waals surface area contributed by atoms with Gasteiger partial charge in [-0.25, -0.2) is 0 Å². The Balaban J connectivity index is 2.28. The molecular weight excluding hydrogens is 436 g/mol. The van der Waals surface area contributed by atoms with Crippen molar-refractivity contribution >= 4 is 39.0 Å². The number of aryl methyl sites for hydroxylation is 1. The number of hydrogen-bond acceptors (Lipinski definition) is 5. The second-order valence-electron chi connectivity index (χ2n) is 5.62. The van der Waals surface area contributed by atoms with Gasteiger partial charge < -0.3 is 0 Å². The maximum atomic E-state index is 13.1. The first-order valence-electron chi connectivity index (χ1n) is 8.05. The van der Waals surface area contributed by atoms with Gasteiger partial charge in [0.25, 0.3) is 5.69 Å². The van der Waals surface area contributed by atoms with E-state index in [1.807, 2.05) is 6.92 Å². The molecule has 7 nitrogen and oxygen atoms in total. The van der Waals surface area contributed by atoms with Crippen molar-refractivity contribution < 1.29 is 9.72 Å². The lowest BCUT2D eigenvalue weighted by Crippen LogP contribution is -2.12. The van der Waals surface area contributed by atoms with Gasteiger partial charge in [-0.15, -0.1) is 10.2 Å². The number of nitro groups is 1. The number of nitro benzene ring substituents is 1. The minimum atomic E-state index is -0.503. The maximum Gasteiger partial charge on any atom is 0.271 e. The largest absolute Gasteiger partial charge is 0.288 e. The fourth-order valence-corrected chi connectivity index (χ4v) is 3.33. The summed E-state index contributed by atoms with van der Waals surface area (Å²) >= 11 is 9.53. The summed E-state index contributed by atoms with van der Waals surface area (Å²) in [4.78, 5) is 23.9. The highest BCUT2D eigenvalue weighted by atomic mass is 79.9. The molecule has 0 radical (unpaired) electrons. The molecule has 0 unspecified atom stereocenters. The zero-order valence-electron chi connectivity index (χ0n) is 14.2. The van der Waals surface area contributed by atoms with Crippen LogP contribution in [0, 0.1) is 10.1 Å². The second-order valence-corrected chi connectivity index (χ2v) is 6.59. The van der Waals surface area contributed by atoms with Gasteiger partial charge in [-0.05, 0) is 18.2 Å². The minimum Gasteiger partial charge on any atom is -0.288 e. The summed E-state index contributed by atoms with van der Waals surface area (Å²) in [7, 11) is 0.